The maximum absolute atomic E-state index is 6.23. The first kappa shape index (κ1) is 11.6. The lowest BCUT2D eigenvalue weighted by Crippen LogP contribution is -2.16. The molecule has 0 aliphatic heterocycles. The Bertz CT molecular complexity index is 304. The van der Waals surface area contributed by atoms with Crippen LogP contribution < -0.4 is 5.73 Å². The number of nitrogens with two attached hydrogens (primary N) is 1. The standard InChI is InChI=1S/C12H18BrNS/c13-12-7-10(8-15-12)11(14)6-9-4-2-1-3-5-9/h7-9,11H,1-6,14H2. The molecule has 2 rings (SSSR count). The van der Waals surface area contributed by atoms with Gasteiger partial charge >= 0.3 is 0 Å². The van der Waals surface area contributed by atoms with E-state index < -0.39 is 0 Å². The van der Waals surface area contributed by atoms with Crippen LogP contribution in [-0.2, 0) is 0 Å². The Morgan fingerprint density at radius 1 is 1.40 bits per heavy atom. The van der Waals surface area contributed by atoms with E-state index in [1.807, 2.05) is 0 Å². The minimum atomic E-state index is 0.246. The molecule has 0 bridgehead atoms. The number of hydrogen-bond acceptors (Lipinski definition) is 2. The largest absolute Gasteiger partial charge is 0.324 e. The van der Waals surface area contributed by atoms with Gasteiger partial charge in [0.15, 0.2) is 0 Å². The molecule has 0 amide bonds. The molecule has 0 radical (unpaired) electrons. The molecule has 0 spiro atoms. The van der Waals surface area contributed by atoms with Crippen LogP contribution in [0.5, 0.6) is 0 Å². The van der Waals surface area contributed by atoms with E-state index in [1.54, 1.807) is 11.3 Å². The fraction of sp³-hybridized carbons (Fsp3) is 0.667. The van der Waals surface area contributed by atoms with Gasteiger partial charge in [-0.3, -0.25) is 0 Å². The average molecular weight is 288 g/mol. The van der Waals surface area contributed by atoms with Crippen molar-refractivity contribution in [3.63, 3.8) is 0 Å². The molecule has 0 saturated heterocycles. The third kappa shape index (κ3) is 3.30. The molecule has 1 unspecified atom stereocenters. The molecule has 1 fully saturated rings. The third-order valence-electron chi connectivity index (χ3n) is 3.33. The molecule has 1 nitrogen and oxygen atoms in total. The molecule has 2 N–H and O–H groups in total. The summed E-state index contributed by atoms with van der Waals surface area (Å²) in [6, 6.07) is 2.41. The second-order valence-corrected chi connectivity index (χ2v) is 6.82. The zero-order valence-electron chi connectivity index (χ0n) is 8.92. The summed E-state index contributed by atoms with van der Waals surface area (Å²) < 4.78 is 1.19. The summed E-state index contributed by atoms with van der Waals surface area (Å²) in [5, 5.41) is 2.18. The average Bonchev–Trinajstić information content (AvgIpc) is 2.66. The van der Waals surface area contributed by atoms with E-state index in [9.17, 15) is 0 Å². The van der Waals surface area contributed by atoms with Crippen molar-refractivity contribution in [1.29, 1.82) is 0 Å². The van der Waals surface area contributed by atoms with Crippen molar-refractivity contribution in [3.05, 3.63) is 20.8 Å². The van der Waals surface area contributed by atoms with Gasteiger partial charge in [-0.25, -0.2) is 0 Å². The van der Waals surface area contributed by atoms with Gasteiger partial charge in [0.1, 0.15) is 0 Å². The van der Waals surface area contributed by atoms with Gasteiger partial charge in [0, 0.05) is 6.04 Å². The van der Waals surface area contributed by atoms with Crippen molar-refractivity contribution < 1.29 is 0 Å². The van der Waals surface area contributed by atoms with E-state index in [4.69, 9.17) is 5.73 Å². The minimum Gasteiger partial charge on any atom is -0.324 e. The maximum Gasteiger partial charge on any atom is 0.0701 e. The van der Waals surface area contributed by atoms with E-state index in [1.165, 1.54) is 47.9 Å². The van der Waals surface area contributed by atoms with Crippen LogP contribution in [0.1, 0.15) is 50.1 Å². The molecule has 1 aliphatic rings. The van der Waals surface area contributed by atoms with E-state index in [0.29, 0.717) is 0 Å². The zero-order chi connectivity index (χ0) is 10.7. The molecule has 0 aromatic carbocycles. The van der Waals surface area contributed by atoms with E-state index >= 15 is 0 Å². The lowest BCUT2D eigenvalue weighted by atomic mass is 9.84. The molecule has 84 valence electrons. The lowest BCUT2D eigenvalue weighted by Gasteiger charge is -2.24. The van der Waals surface area contributed by atoms with Crippen LogP contribution in [0.4, 0.5) is 0 Å². The summed E-state index contributed by atoms with van der Waals surface area (Å²) in [5.41, 5.74) is 7.53. The highest BCUT2D eigenvalue weighted by molar-refractivity contribution is 9.11. The molecule has 1 heterocycles. The van der Waals surface area contributed by atoms with Crippen molar-refractivity contribution in [2.75, 3.05) is 0 Å². The van der Waals surface area contributed by atoms with Gasteiger partial charge in [-0.15, -0.1) is 11.3 Å². The number of hydrogen-bond donors (Lipinski definition) is 1. The Kier molecular flexibility index (Phi) is 4.23. The molecule has 3 heteroatoms. The van der Waals surface area contributed by atoms with Gasteiger partial charge in [-0.1, -0.05) is 32.1 Å². The quantitative estimate of drug-likeness (QED) is 0.871. The van der Waals surface area contributed by atoms with Crippen LogP contribution >= 0.6 is 27.3 Å². The molecule has 1 aromatic heterocycles. The van der Waals surface area contributed by atoms with E-state index in [-0.39, 0.29) is 6.04 Å². The SMILES string of the molecule is NC(CC1CCCCC1)c1csc(Br)c1. The number of rotatable bonds is 3. The Labute approximate surface area is 104 Å². The summed E-state index contributed by atoms with van der Waals surface area (Å²) in [7, 11) is 0. The van der Waals surface area contributed by atoms with Crippen LogP contribution in [0.25, 0.3) is 0 Å². The van der Waals surface area contributed by atoms with Gasteiger partial charge in [-0.2, -0.15) is 0 Å². The summed E-state index contributed by atoms with van der Waals surface area (Å²) in [6.07, 6.45) is 8.19. The number of thiophene rings is 1. The van der Waals surface area contributed by atoms with Crippen LogP contribution in [-0.4, -0.2) is 0 Å². The molecule has 1 aliphatic carbocycles. The predicted molar refractivity (Wildman–Crippen MR) is 70.1 cm³/mol. The van der Waals surface area contributed by atoms with Crippen molar-refractivity contribution in [2.45, 2.75) is 44.6 Å². The predicted octanol–water partition coefficient (Wildman–Crippen LogP) is 4.48. The second kappa shape index (κ2) is 5.46. The van der Waals surface area contributed by atoms with E-state index in [0.717, 1.165) is 5.92 Å². The van der Waals surface area contributed by atoms with Crippen molar-refractivity contribution in [2.24, 2.45) is 11.7 Å². The third-order valence-corrected chi connectivity index (χ3v) is 4.85. The molecule has 1 aromatic rings. The van der Waals surface area contributed by atoms with Gasteiger partial charge in [0.2, 0.25) is 0 Å². The fourth-order valence-corrected chi connectivity index (χ4v) is 3.68. The maximum atomic E-state index is 6.23. The first-order valence-electron chi connectivity index (χ1n) is 5.75. The van der Waals surface area contributed by atoms with E-state index in [2.05, 4.69) is 27.4 Å². The van der Waals surface area contributed by atoms with Crippen LogP contribution in [0, 0.1) is 5.92 Å². The van der Waals surface area contributed by atoms with Crippen molar-refractivity contribution in [1.82, 2.24) is 0 Å². The van der Waals surface area contributed by atoms with Gasteiger partial charge in [0.25, 0.3) is 0 Å². The lowest BCUT2D eigenvalue weighted by molar-refractivity contribution is 0.319. The van der Waals surface area contributed by atoms with Gasteiger partial charge in [-0.05, 0) is 45.3 Å². The van der Waals surface area contributed by atoms with Gasteiger partial charge in [0.05, 0.1) is 3.79 Å². The molecular weight excluding hydrogens is 270 g/mol. The summed E-state index contributed by atoms with van der Waals surface area (Å²) in [6.45, 7) is 0. The van der Waals surface area contributed by atoms with Crippen molar-refractivity contribution in [3.8, 4) is 0 Å². The van der Waals surface area contributed by atoms with Crippen LogP contribution in [0.15, 0.2) is 15.2 Å². The molecule has 15 heavy (non-hydrogen) atoms. The Balaban J connectivity index is 1.88. The summed E-state index contributed by atoms with van der Waals surface area (Å²) in [5.74, 6) is 0.868. The van der Waals surface area contributed by atoms with Crippen molar-refractivity contribution >= 4 is 27.3 Å². The summed E-state index contributed by atoms with van der Waals surface area (Å²) >= 11 is 5.22. The topological polar surface area (TPSA) is 26.0 Å². The Morgan fingerprint density at radius 2 is 2.13 bits per heavy atom. The first-order chi connectivity index (χ1) is 7.25. The van der Waals surface area contributed by atoms with Gasteiger partial charge < -0.3 is 5.73 Å². The normalized spacial score (nSPS) is 20.4. The Hall–Kier alpha value is 0.140. The second-order valence-electron chi connectivity index (χ2n) is 4.53. The highest BCUT2D eigenvalue weighted by atomic mass is 79.9. The summed E-state index contributed by atoms with van der Waals surface area (Å²) in [4.78, 5) is 0. The zero-order valence-corrected chi connectivity index (χ0v) is 11.3. The molecular formula is C12H18BrNS. The Morgan fingerprint density at radius 3 is 2.73 bits per heavy atom. The first-order valence-corrected chi connectivity index (χ1v) is 7.42. The molecule has 1 saturated carbocycles. The smallest absolute Gasteiger partial charge is 0.0701 e. The highest BCUT2D eigenvalue weighted by Crippen LogP contribution is 2.33. The minimum absolute atomic E-state index is 0.246. The highest BCUT2D eigenvalue weighted by Gasteiger charge is 2.18. The molecule has 1 atom stereocenters. The fourth-order valence-electron chi connectivity index (χ4n) is 2.44. The van der Waals surface area contributed by atoms with Crippen LogP contribution in [0.3, 0.4) is 0 Å². The monoisotopic (exact) mass is 287 g/mol. The van der Waals surface area contributed by atoms with Crippen LogP contribution in [0.2, 0.25) is 0 Å². The number of halogens is 1.